The van der Waals surface area contributed by atoms with Gasteiger partial charge in [0.05, 0.1) is 20.6 Å². The number of hydrogen-bond acceptors (Lipinski definition) is 4. The summed E-state index contributed by atoms with van der Waals surface area (Å²) in [7, 11) is 0. The maximum Gasteiger partial charge on any atom is 0.205 e. The van der Waals surface area contributed by atoms with Gasteiger partial charge in [0.2, 0.25) is 5.95 Å². The smallest absolute Gasteiger partial charge is 0.205 e. The van der Waals surface area contributed by atoms with Crippen molar-refractivity contribution >= 4 is 57.6 Å². The summed E-state index contributed by atoms with van der Waals surface area (Å²) >= 11 is 18.1. The normalized spacial score (nSPS) is 15.3. The van der Waals surface area contributed by atoms with Crippen molar-refractivity contribution in [1.29, 1.82) is 0 Å². The first-order chi connectivity index (χ1) is 11.6. The lowest BCUT2D eigenvalue weighted by atomic mass is 10.2. The largest absolute Gasteiger partial charge is 0.368 e. The minimum atomic E-state index is 0.576. The van der Waals surface area contributed by atoms with E-state index in [9.17, 15) is 0 Å². The fourth-order valence-corrected chi connectivity index (χ4v) is 3.32. The third-order valence-corrected chi connectivity index (χ3v) is 5.08. The van der Waals surface area contributed by atoms with Crippen molar-refractivity contribution in [1.82, 2.24) is 15.0 Å². The van der Waals surface area contributed by atoms with Crippen LogP contribution in [0.4, 0.5) is 11.6 Å². The number of fused-ring (bicyclic) bond motifs is 1. The number of nitrogens with zero attached hydrogens (tertiary/aromatic N) is 4. The Morgan fingerprint density at radius 3 is 2.42 bits per heavy atom. The molecule has 5 nitrogen and oxygen atoms in total. The van der Waals surface area contributed by atoms with Gasteiger partial charge in [0.1, 0.15) is 0 Å². The highest BCUT2D eigenvalue weighted by molar-refractivity contribution is 6.42. The summed E-state index contributed by atoms with van der Waals surface area (Å²) in [5, 5.41) is 1.76. The highest BCUT2D eigenvalue weighted by Crippen LogP contribution is 2.28. The van der Waals surface area contributed by atoms with Crippen LogP contribution < -0.4 is 9.80 Å². The lowest BCUT2D eigenvalue weighted by molar-refractivity contribution is 0.643. The Morgan fingerprint density at radius 2 is 1.67 bits per heavy atom. The molecule has 0 aliphatic carbocycles. The zero-order chi connectivity index (χ0) is 16.7. The molecular weight excluding hydrogens is 369 g/mol. The first-order valence-corrected chi connectivity index (χ1v) is 8.70. The summed E-state index contributed by atoms with van der Waals surface area (Å²) in [6.45, 7) is 3.47. The molecule has 1 fully saturated rings. The second-order valence-corrected chi connectivity index (χ2v) is 6.91. The van der Waals surface area contributed by atoms with Gasteiger partial charge in [-0.05, 0) is 24.3 Å². The second-order valence-electron chi connectivity index (χ2n) is 5.66. The zero-order valence-corrected chi connectivity index (χ0v) is 14.9. The number of halogens is 3. The van der Waals surface area contributed by atoms with Crippen LogP contribution in [0.3, 0.4) is 0 Å². The topological polar surface area (TPSA) is 48.1 Å². The quantitative estimate of drug-likeness (QED) is 0.720. The van der Waals surface area contributed by atoms with Gasteiger partial charge in [-0.15, -0.1) is 0 Å². The summed E-state index contributed by atoms with van der Waals surface area (Å²) in [4.78, 5) is 16.6. The number of hydrogen-bond donors (Lipinski definition) is 1. The van der Waals surface area contributed by atoms with Gasteiger partial charge < -0.3 is 14.8 Å². The van der Waals surface area contributed by atoms with E-state index in [4.69, 9.17) is 34.8 Å². The van der Waals surface area contributed by atoms with E-state index in [0.717, 1.165) is 43.3 Å². The Labute approximate surface area is 154 Å². The molecule has 24 heavy (non-hydrogen) atoms. The van der Waals surface area contributed by atoms with Gasteiger partial charge in [0.15, 0.2) is 5.65 Å². The van der Waals surface area contributed by atoms with Crippen LogP contribution in [0.15, 0.2) is 30.5 Å². The Morgan fingerprint density at radius 1 is 0.917 bits per heavy atom. The molecule has 0 unspecified atom stereocenters. The van der Waals surface area contributed by atoms with Gasteiger partial charge >= 0.3 is 0 Å². The predicted octanol–water partition coefficient (Wildman–Crippen LogP) is 4.24. The number of rotatable bonds is 2. The van der Waals surface area contributed by atoms with Crippen LogP contribution >= 0.6 is 34.8 Å². The van der Waals surface area contributed by atoms with E-state index in [1.165, 1.54) is 0 Å². The molecule has 3 aromatic rings. The number of anilines is 2. The minimum Gasteiger partial charge on any atom is -0.368 e. The number of aromatic amines is 1. The minimum absolute atomic E-state index is 0.576. The Bertz CT molecular complexity index is 887. The van der Waals surface area contributed by atoms with E-state index in [1.807, 2.05) is 24.3 Å². The number of piperazine rings is 1. The number of aromatic nitrogens is 3. The van der Waals surface area contributed by atoms with Crippen LogP contribution in [-0.2, 0) is 0 Å². The molecule has 1 aliphatic rings. The van der Waals surface area contributed by atoms with E-state index in [-0.39, 0.29) is 0 Å². The zero-order valence-electron chi connectivity index (χ0n) is 12.6. The molecule has 0 amide bonds. The van der Waals surface area contributed by atoms with Crippen molar-refractivity contribution in [2.45, 2.75) is 0 Å². The van der Waals surface area contributed by atoms with Gasteiger partial charge in [-0.3, -0.25) is 0 Å². The first-order valence-electron chi connectivity index (χ1n) is 7.56. The molecule has 0 saturated carbocycles. The van der Waals surface area contributed by atoms with Gasteiger partial charge in [-0.2, -0.15) is 4.98 Å². The average Bonchev–Trinajstić information content (AvgIpc) is 3.00. The van der Waals surface area contributed by atoms with Gasteiger partial charge in [0, 0.05) is 38.1 Å². The first kappa shape index (κ1) is 15.8. The van der Waals surface area contributed by atoms with E-state index >= 15 is 0 Å². The van der Waals surface area contributed by atoms with Crippen LogP contribution in [0.5, 0.6) is 0 Å². The van der Waals surface area contributed by atoms with E-state index in [1.54, 1.807) is 6.20 Å². The summed E-state index contributed by atoms with van der Waals surface area (Å²) < 4.78 is 0. The predicted molar refractivity (Wildman–Crippen MR) is 99.8 cm³/mol. The summed E-state index contributed by atoms with van der Waals surface area (Å²) in [6.07, 6.45) is 1.61. The van der Waals surface area contributed by atoms with Crippen LogP contribution in [-0.4, -0.2) is 41.1 Å². The number of nitrogens with one attached hydrogen (secondary N) is 1. The fraction of sp³-hybridized carbons (Fsp3) is 0.250. The number of pyridine rings is 1. The Kier molecular flexibility index (Phi) is 4.16. The highest BCUT2D eigenvalue weighted by Gasteiger charge is 2.20. The molecule has 4 rings (SSSR count). The summed E-state index contributed by atoms with van der Waals surface area (Å²) in [6, 6.07) is 7.58. The molecule has 1 aromatic carbocycles. The molecule has 2 aromatic heterocycles. The SMILES string of the molecule is Clc1cnc2nc(N3CCN(c4ccc(Cl)c(Cl)c4)CC3)[nH]c2c1. The molecule has 0 bridgehead atoms. The monoisotopic (exact) mass is 381 g/mol. The standard InChI is InChI=1S/C16H14Cl3N5/c17-10-7-14-15(20-9-10)22-16(21-14)24-5-3-23(4-6-24)11-1-2-12(18)13(19)8-11/h1-2,7-9H,3-6H2,(H,20,21,22). The molecule has 1 aliphatic heterocycles. The molecule has 1 saturated heterocycles. The van der Waals surface area contributed by atoms with Crippen LogP contribution in [0.1, 0.15) is 0 Å². The molecular formula is C16H14Cl3N5. The summed E-state index contributed by atoms with van der Waals surface area (Å²) in [5.41, 5.74) is 2.62. The van der Waals surface area contributed by atoms with Gasteiger partial charge in [0.25, 0.3) is 0 Å². The molecule has 3 heterocycles. The average molecular weight is 383 g/mol. The van der Waals surface area contributed by atoms with Gasteiger partial charge in [-0.1, -0.05) is 34.8 Å². The van der Waals surface area contributed by atoms with Gasteiger partial charge in [-0.25, -0.2) is 4.98 Å². The second kappa shape index (κ2) is 6.31. The molecule has 0 atom stereocenters. The van der Waals surface area contributed by atoms with E-state index in [2.05, 4.69) is 24.8 Å². The van der Waals surface area contributed by atoms with Crippen LogP contribution in [0.2, 0.25) is 15.1 Å². The third-order valence-electron chi connectivity index (χ3n) is 4.14. The molecule has 0 spiro atoms. The third kappa shape index (κ3) is 2.99. The maximum absolute atomic E-state index is 6.11. The van der Waals surface area contributed by atoms with Crippen LogP contribution in [0.25, 0.3) is 11.2 Å². The molecule has 0 radical (unpaired) electrons. The number of imidazole rings is 1. The van der Waals surface area contributed by atoms with Crippen molar-refractivity contribution in [2.75, 3.05) is 36.0 Å². The maximum atomic E-state index is 6.11. The number of benzene rings is 1. The Hall–Kier alpha value is -1.69. The lowest BCUT2D eigenvalue weighted by Gasteiger charge is -2.36. The molecule has 124 valence electrons. The van der Waals surface area contributed by atoms with Crippen molar-refractivity contribution in [3.8, 4) is 0 Å². The van der Waals surface area contributed by atoms with E-state index < -0.39 is 0 Å². The lowest BCUT2D eigenvalue weighted by Crippen LogP contribution is -2.47. The van der Waals surface area contributed by atoms with Crippen molar-refractivity contribution in [3.63, 3.8) is 0 Å². The Balaban J connectivity index is 1.49. The van der Waals surface area contributed by atoms with Crippen molar-refractivity contribution < 1.29 is 0 Å². The molecule has 1 N–H and O–H groups in total. The van der Waals surface area contributed by atoms with Crippen LogP contribution in [0, 0.1) is 0 Å². The fourth-order valence-electron chi connectivity index (χ4n) is 2.87. The van der Waals surface area contributed by atoms with E-state index in [0.29, 0.717) is 20.7 Å². The van der Waals surface area contributed by atoms with Crippen molar-refractivity contribution in [3.05, 3.63) is 45.5 Å². The summed E-state index contributed by atoms with van der Waals surface area (Å²) in [5.74, 6) is 0.827. The van der Waals surface area contributed by atoms with Crippen molar-refractivity contribution in [2.24, 2.45) is 0 Å². The molecule has 8 heteroatoms. The number of H-pyrrole nitrogens is 1. The highest BCUT2D eigenvalue weighted by atomic mass is 35.5.